The summed E-state index contributed by atoms with van der Waals surface area (Å²) in [4.78, 5) is 0. The van der Waals surface area contributed by atoms with Gasteiger partial charge in [-0.05, 0) is 32.0 Å². The molecule has 3 N–H and O–H groups in total. The fourth-order valence-corrected chi connectivity index (χ4v) is 0.916. The molecule has 9 heavy (non-hydrogen) atoms. The molecule has 1 rings (SSSR count). The fraction of sp³-hybridized carbons (Fsp3) is 1.00. The standard InChI is InChI=1S/C5H12N2.C2H6/c6-3-5-1-2-7-4-5;1-2/h5,7H,1-4,6H2;1-2H3/t5-;/m1./s1. The van der Waals surface area contributed by atoms with Crippen LogP contribution in [0.5, 0.6) is 0 Å². The van der Waals surface area contributed by atoms with Gasteiger partial charge in [-0.3, -0.25) is 0 Å². The summed E-state index contributed by atoms with van der Waals surface area (Å²) in [5, 5.41) is 3.24. The largest absolute Gasteiger partial charge is 0.330 e. The summed E-state index contributed by atoms with van der Waals surface area (Å²) in [5.41, 5.74) is 5.39. The SMILES string of the molecule is CC.NC[C@H]1CCNC1. The van der Waals surface area contributed by atoms with Gasteiger partial charge in [0.05, 0.1) is 0 Å². The monoisotopic (exact) mass is 130 g/mol. The van der Waals surface area contributed by atoms with E-state index in [0.29, 0.717) is 0 Å². The minimum Gasteiger partial charge on any atom is -0.330 e. The molecule has 0 aromatic carbocycles. The maximum atomic E-state index is 5.39. The van der Waals surface area contributed by atoms with Crippen molar-refractivity contribution in [2.75, 3.05) is 19.6 Å². The van der Waals surface area contributed by atoms with Crippen molar-refractivity contribution in [1.82, 2.24) is 5.32 Å². The lowest BCUT2D eigenvalue weighted by molar-refractivity contribution is 0.596. The Bertz CT molecular complexity index is 48.9. The van der Waals surface area contributed by atoms with Crippen LogP contribution in [0.1, 0.15) is 20.3 Å². The minimum absolute atomic E-state index is 0.764. The molecule has 1 saturated heterocycles. The van der Waals surface area contributed by atoms with E-state index in [0.717, 1.165) is 19.0 Å². The molecule has 0 aliphatic carbocycles. The first-order valence-electron chi connectivity index (χ1n) is 3.84. The second-order valence-electron chi connectivity index (χ2n) is 2.09. The summed E-state index contributed by atoms with van der Waals surface area (Å²) in [7, 11) is 0. The van der Waals surface area contributed by atoms with Crippen LogP contribution in [0, 0.1) is 5.92 Å². The van der Waals surface area contributed by atoms with Crippen LogP contribution in [-0.4, -0.2) is 19.6 Å². The van der Waals surface area contributed by atoms with Gasteiger partial charge in [-0.2, -0.15) is 0 Å². The highest BCUT2D eigenvalue weighted by Gasteiger charge is 2.10. The smallest absolute Gasteiger partial charge is 0.000798 e. The lowest BCUT2D eigenvalue weighted by Gasteiger charge is -1.98. The van der Waals surface area contributed by atoms with Crippen LogP contribution in [0.25, 0.3) is 0 Å². The zero-order valence-electron chi connectivity index (χ0n) is 6.48. The van der Waals surface area contributed by atoms with Gasteiger partial charge in [0.2, 0.25) is 0 Å². The van der Waals surface area contributed by atoms with Crippen LogP contribution >= 0.6 is 0 Å². The lowest BCUT2D eigenvalue weighted by Crippen LogP contribution is -2.16. The van der Waals surface area contributed by atoms with Gasteiger partial charge in [-0.25, -0.2) is 0 Å². The maximum Gasteiger partial charge on any atom is -0.000798 e. The Hall–Kier alpha value is -0.0800. The molecule has 2 heteroatoms. The zero-order chi connectivity index (χ0) is 7.11. The first kappa shape index (κ1) is 8.92. The van der Waals surface area contributed by atoms with Gasteiger partial charge in [0, 0.05) is 0 Å². The third-order valence-electron chi connectivity index (χ3n) is 1.50. The average Bonchev–Trinajstić information content (AvgIpc) is 2.43. The van der Waals surface area contributed by atoms with Gasteiger partial charge in [0.25, 0.3) is 0 Å². The van der Waals surface area contributed by atoms with Crippen LogP contribution in [0.3, 0.4) is 0 Å². The van der Waals surface area contributed by atoms with Crippen molar-refractivity contribution < 1.29 is 0 Å². The quantitative estimate of drug-likeness (QED) is 0.545. The highest BCUT2D eigenvalue weighted by Crippen LogP contribution is 2.02. The average molecular weight is 130 g/mol. The fourth-order valence-electron chi connectivity index (χ4n) is 0.916. The number of nitrogens with one attached hydrogen (secondary N) is 1. The van der Waals surface area contributed by atoms with E-state index >= 15 is 0 Å². The molecule has 2 nitrogen and oxygen atoms in total. The Labute approximate surface area is 57.8 Å². The molecule has 0 saturated carbocycles. The Kier molecular flexibility index (Phi) is 5.99. The van der Waals surface area contributed by atoms with E-state index in [1.54, 1.807) is 0 Å². The molecule has 1 heterocycles. The predicted octanol–water partition coefficient (Wildman–Crippen LogP) is 0.581. The van der Waals surface area contributed by atoms with E-state index in [1.807, 2.05) is 13.8 Å². The summed E-state index contributed by atoms with van der Waals surface area (Å²) in [6, 6.07) is 0. The van der Waals surface area contributed by atoms with Crippen molar-refractivity contribution in [3.63, 3.8) is 0 Å². The summed E-state index contributed by atoms with van der Waals surface area (Å²) < 4.78 is 0. The van der Waals surface area contributed by atoms with E-state index in [-0.39, 0.29) is 0 Å². The highest BCUT2D eigenvalue weighted by atomic mass is 14.9. The minimum atomic E-state index is 0.764. The van der Waals surface area contributed by atoms with Crippen LogP contribution in [-0.2, 0) is 0 Å². The Balaban J connectivity index is 0.000000291. The molecule has 1 atom stereocenters. The van der Waals surface area contributed by atoms with Crippen molar-refractivity contribution in [1.29, 1.82) is 0 Å². The molecule has 0 aromatic heterocycles. The number of nitrogens with two attached hydrogens (primary N) is 1. The van der Waals surface area contributed by atoms with Crippen molar-refractivity contribution in [2.45, 2.75) is 20.3 Å². The molecule has 0 radical (unpaired) electrons. The van der Waals surface area contributed by atoms with Crippen LogP contribution in [0.15, 0.2) is 0 Å². The molecular formula is C7H18N2. The van der Waals surface area contributed by atoms with Gasteiger partial charge < -0.3 is 11.1 Å². The topological polar surface area (TPSA) is 38.0 Å². The third-order valence-corrected chi connectivity index (χ3v) is 1.50. The number of hydrogen-bond acceptors (Lipinski definition) is 2. The molecule has 0 aromatic rings. The van der Waals surface area contributed by atoms with E-state index in [4.69, 9.17) is 5.73 Å². The van der Waals surface area contributed by atoms with E-state index < -0.39 is 0 Å². The van der Waals surface area contributed by atoms with Gasteiger partial charge in [0.15, 0.2) is 0 Å². The normalized spacial score (nSPS) is 25.0. The molecule has 1 fully saturated rings. The third kappa shape index (κ3) is 3.49. The predicted molar refractivity (Wildman–Crippen MR) is 41.4 cm³/mol. The van der Waals surface area contributed by atoms with Gasteiger partial charge in [0.1, 0.15) is 0 Å². The van der Waals surface area contributed by atoms with Crippen molar-refractivity contribution in [2.24, 2.45) is 11.7 Å². The number of hydrogen-bond donors (Lipinski definition) is 2. The molecule has 56 valence electrons. The Morgan fingerprint density at radius 1 is 1.56 bits per heavy atom. The molecule has 0 unspecified atom stereocenters. The lowest BCUT2D eigenvalue weighted by atomic mass is 10.1. The second kappa shape index (κ2) is 6.05. The van der Waals surface area contributed by atoms with Crippen LogP contribution in [0.4, 0.5) is 0 Å². The molecule has 1 aliphatic rings. The Morgan fingerprint density at radius 3 is 2.44 bits per heavy atom. The number of rotatable bonds is 1. The molecule has 0 spiro atoms. The maximum absolute atomic E-state index is 5.39. The van der Waals surface area contributed by atoms with Gasteiger partial charge in [-0.1, -0.05) is 13.8 Å². The van der Waals surface area contributed by atoms with E-state index in [1.165, 1.54) is 13.0 Å². The van der Waals surface area contributed by atoms with Crippen molar-refractivity contribution >= 4 is 0 Å². The van der Waals surface area contributed by atoms with Gasteiger partial charge >= 0.3 is 0 Å². The van der Waals surface area contributed by atoms with E-state index in [9.17, 15) is 0 Å². The summed E-state index contributed by atoms with van der Waals surface area (Å²) in [6.07, 6.45) is 1.27. The molecule has 1 aliphatic heterocycles. The first-order valence-corrected chi connectivity index (χ1v) is 3.84. The molecular weight excluding hydrogens is 112 g/mol. The first-order chi connectivity index (χ1) is 4.43. The highest BCUT2D eigenvalue weighted by molar-refractivity contribution is 4.70. The second-order valence-corrected chi connectivity index (χ2v) is 2.09. The Morgan fingerprint density at radius 2 is 2.22 bits per heavy atom. The summed E-state index contributed by atoms with van der Waals surface area (Å²) >= 11 is 0. The van der Waals surface area contributed by atoms with Crippen molar-refractivity contribution in [3.05, 3.63) is 0 Å². The molecule has 0 amide bonds. The van der Waals surface area contributed by atoms with Crippen LogP contribution in [0.2, 0.25) is 0 Å². The van der Waals surface area contributed by atoms with Gasteiger partial charge in [-0.15, -0.1) is 0 Å². The van der Waals surface area contributed by atoms with Crippen LogP contribution < -0.4 is 11.1 Å². The molecule has 0 bridgehead atoms. The zero-order valence-corrected chi connectivity index (χ0v) is 6.48. The summed E-state index contributed by atoms with van der Waals surface area (Å²) in [5.74, 6) is 0.764. The summed E-state index contributed by atoms with van der Waals surface area (Å²) in [6.45, 7) is 7.16. The van der Waals surface area contributed by atoms with E-state index in [2.05, 4.69) is 5.32 Å². The van der Waals surface area contributed by atoms with Crippen molar-refractivity contribution in [3.8, 4) is 0 Å².